The Morgan fingerprint density at radius 2 is 1.48 bits per heavy atom. The average Bonchev–Trinajstić information content (AvgIpc) is 2.69. The van der Waals surface area contributed by atoms with Gasteiger partial charge in [0, 0.05) is 21.3 Å². The Kier molecular flexibility index (Phi) is 6.09. The van der Waals surface area contributed by atoms with Crippen molar-refractivity contribution < 1.29 is 19.5 Å². The Bertz CT molecular complexity index is 1110. The van der Waals surface area contributed by atoms with Gasteiger partial charge in [0.1, 0.15) is 0 Å². The molecule has 3 N–H and O–H groups in total. The molecule has 2 amide bonds. The molecule has 0 saturated carbocycles. The second-order valence-electron chi connectivity index (χ2n) is 6.35. The highest BCUT2D eigenvalue weighted by Crippen LogP contribution is 2.22. The molecule has 6 nitrogen and oxygen atoms in total. The smallest absolute Gasteiger partial charge is 0.337 e. The summed E-state index contributed by atoms with van der Waals surface area (Å²) in [7, 11) is 0. The fourth-order valence-electron chi connectivity index (χ4n) is 2.72. The third-order valence-electron chi connectivity index (χ3n) is 4.12. The van der Waals surface area contributed by atoms with E-state index < -0.39 is 11.9 Å². The van der Waals surface area contributed by atoms with E-state index in [1.165, 1.54) is 18.2 Å². The SMILES string of the molecule is Cc1cccc(C(=O)Nc2cccc(C(=O)Nc3ccc(Br)cc3C(=O)O)c2)c1. The van der Waals surface area contributed by atoms with Gasteiger partial charge in [0.15, 0.2) is 0 Å². The van der Waals surface area contributed by atoms with Gasteiger partial charge in [-0.3, -0.25) is 9.59 Å². The highest BCUT2D eigenvalue weighted by atomic mass is 79.9. The van der Waals surface area contributed by atoms with E-state index in [1.54, 1.807) is 42.5 Å². The molecule has 29 heavy (non-hydrogen) atoms. The zero-order valence-corrected chi connectivity index (χ0v) is 17.0. The normalized spacial score (nSPS) is 10.3. The maximum absolute atomic E-state index is 12.6. The first kappa shape index (κ1) is 20.3. The molecule has 7 heteroatoms. The zero-order chi connectivity index (χ0) is 21.0. The Balaban J connectivity index is 1.78. The van der Waals surface area contributed by atoms with Crippen LogP contribution in [0.4, 0.5) is 11.4 Å². The van der Waals surface area contributed by atoms with Gasteiger partial charge in [0.2, 0.25) is 0 Å². The maximum Gasteiger partial charge on any atom is 0.337 e. The van der Waals surface area contributed by atoms with Crippen LogP contribution in [0.2, 0.25) is 0 Å². The number of halogens is 1. The summed E-state index contributed by atoms with van der Waals surface area (Å²) in [5, 5.41) is 14.7. The molecule has 0 radical (unpaired) electrons. The first-order valence-corrected chi connectivity index (χ1v) is 9.45. The quantitative estimate of drug-likeness (QED) is 0.509. The van der Waals surface area contributed by atoms with Crippen LogP contribution in [0.1, 0.15) is 36.6 Å². The molecule has 0 saturated heterocycles. The lowest BCUT2D eigenvalue weighted by molar-refractivity contribution is 0.0697. The van der Waals surface area contributed by atoms with E-state index in [2.05, 4.69) is 26.6 Å². The maximum atomic E-state index is 12.6. The van der Waals surface area contributed by atoms with Crippen molar-refractivity contribution in [2.45, 2.75) is 6.92 Å². The summed E-state index contributed by atoms with van der Waals surface area (Å²) >= 11 is 3.22. The molecule has 0 heterocycles. The van der Waals surface area contributed by atoms with Crippen molar-refractivity contribution in [3.05, 3.63) is 93.5 Å². The number of hydrogen-bond acceptors (Lipinski definition) is 3. The summed E-state index contributed by atoms with van der Waals surface area (Å²) in [6, 6.07) is 18.2. The van der Waals surface area contributed by atoms with E-state index in [9.17, 15) is 19.5 Å². The van der Waals surface area contributed by atoms with Gasteiger partial charge < -0.3 is 15.7 Å². The fourth-order valence-corrected chi connectivity index (χ4v) is 3.09. The Morgan fingerprint density at radius 3 is 2.17 bits per heavy atom. The fraction of sp³-hybridized carbons (Fsp3) is 0.0455. The second kappa shape index (κ2) is 8.70. The number of carboxylic acid groups (broad SMARTS) is 1. The molecule has 146 valence electrons. The third kappa shape index (κ3) is 5.08. The van der Waals surface area contributed by atoms with Crippen LogP contribution in [0.25, 0.3) is 0 Å². The summed E-state index contributed by atoms with van der Waals surface area (Å²) in [5.74, 6) is -1.92. The van der Waals surface area contributed by atoms with Crippen molar-refractivity contribution in [2.75, 3.05) is 10.6 Å². The van der Waals surface area contributed by atoms with Crippen LogP contribution in [-0.4, -0.2) is 22.9 Å². The van der Waals surface area contributed by atoms with E-state index in [-0.39, 0.29) is 22.7 Å². The Labute approximate surface area is 175 Å². The topological polar surface area (TPSA) is 95.5 Å². The minimum absolute atomic E-state index is 0.0309. The minimum atomic E-state index is -1.15. The second-order valence-corrected chi connectivity index (χ2v) is 7.27. The van der Waals surface area contributed by atoms with Crippen LogP contribution in [0.3, 0.4) is 0 Å². The summed E-state index contributed by atoms with van der Waals surface area (Å²) in [6.45, 7) is 1.90. The molecular weight excluding hydrogens is 436 g/mol. The van der Waals surface area contributed by atoms with E-state index in [1.807, 2.05) is 13.0 Å². The number of anilines is 2. The van der Waals surface area contributed by atoms with Crippen LogP contribution in [-0.2, 0) is 0 Å². The first-order valence-electron chi connectivity index (χ1n) is 8.66. The number of hydrogen-bond donors (Lipinski definition) is 3. The molecule has 0 aliphatic heterocycles. The molecule has 3 aromatic rings. The molecule has 0 aliphatic carbocycles. The van der Waals surface area contributed by atoms with Crippen molar-refractivity contribution in [3.63, 3.8) is 0 Å². The molecule has 0 fully saturated rings. The van der Waals surface area contributed by atoms with Crippen LogP contribution in [0, 0.1) is 6.92 Å². The number of carbonyl (C=O) groups is 3. The van der Waals surface area contributed by atoms with Gasteiger partial charge in [0.25, 0.3) is 11.8 Å². The molecule has 3 aromatic carbocycles. The molecule has 3 rings (SSSR count). The van der Waals surface area contributed by atoms with E-state index in [0.717, 1.165) is 5.56 Å². The predicted octanol–water partition coefficient (Wildman–Crippen LogP) is 4.96. The number of carbonyl (C=O) groups excluding carboxylic acids is 2. The highest BCUT2D eigenvalue weighted by Gasteiger charge is 2.15. The van der Waals surface area contributed by atoms with Crippen molar-refractivity contribution in [2.24, 2.45) is 0 Å². The first-order chi connectivity index (χ1) is 13.8. The average molecular weight is 453 g/mol. The van der Waals surface area contributed by atoms with Crippen molar-refractivity contribution >= 4 is 45.1 Å². The van der Waals surface area contributed by atoms with Crippen LogP contribution >= 0.6 is 15.9 Å². The highest BCUT2D eigenvalue weighted by molar-refractivity contribution is 9.10. The lowest BCUT2D eigenvalue weighted by Gasteiger charge is -2.11. The molecular formula is C22H17BrN2O4. The number of aryl methyl sites for hydroxylation is 1. The molecule has 0 bridgehead atoms. The van der Waals surface area contributed by atoms with Gasteiger partial charge in [0.05, 0.1) is 11.3 Å². The molecule has 0 aliphatic rings. The van der Waals surface area contributed by atoms with Gasteiger partial charge in [-0.2, -0.15) is 0 Å². The summed E-state index contributed by atoms with van der Waals surface area (Å²) < 4.78 is 0.591. The van der Waals surface area contributed by atoms with Gasteiger partial charge in [-0.25, -0.2) is 4.79 Å². The molecule has 0 spiro atoms. The number of rotatable bonds is 5. The number of carboxylic acids is 1. The largest absolute Gasteiger partial charge is 0.478 e. The van der Waals surface area contributed by atoms with Crippen molar-refractivity contribution in [1.82, 2.24) is 0 Å². The van der Waals surface area contributed by atoms with Gasteiger partial charge in [-0.15, -0.1) is 0 Å². The van der Waals surface area contributed by atoms with Gasteiger partial charge >= 0.3 is 5.97 Å². The lowest BCUT2D eigenvalue weighted by Crippen LogP contribution is -2.16. The van der Waals surface area contributed by atoms with E-state index in [0.29, 0.717) is 15.7 Å². The number of aromatic carboxylic acids is 1. The summed E-state index contributed by atoms with van der Waals surface area (Å²) in [6.07, 6.45) is 0. The van der Waals surface area contributed by atoms with Crippen LogP contribution in [0.5, 0.6) is 0 Å². The third-order valence-corrected chi connectivity index (χ3v) is 4.62. The van der Waals surface area contributed by atoms with Crippen LogP contribution < -0.4 is 10.6 Å². The molecule has 0 atom stereocenters. The predicted molar refractivity (Wildman–Crippen MR) is 115 cm³/mol. The number of nitrogens with one attached hydrogen (secondary N) is 2. The van der Waals surface area contributed by atoms with Crippen molar-refractivity contribution in [1.29, 1.82) is 0 Å². The zero-order valence-electron chi connectivity index (χ0n) is 15.4. The Morgan fingerprint density at radius 1 is 0.828 bits per heavy atom. The minimum Gasteiger partial charge on any atom is -0.478 e. The monoisotopic (exact) mass is 452 g/mol. The summed E-state index contributed by atoms with van der Waals surface area (Å²) in [5.41, 5.74) is 2.37. The Hall–Kier alpha value is -3.45. The van der Waals surface area contributed by atoms with Crippen LogP contribution in [0.15, 0.2) is 71.2 Å². The molecule has 0 aromatic heterocycles. The number of benzene rings is 3. The van der Waals surface area contributed by atoms with Gasteiger partial charge in [-0.05, 0) is 55.5 Å². The van der Waals surface area contributed by atoms with Gasteiger partial charge in [-0.1, -0.05) is 39.7 Å². The van der Waals surface area contributed by atoms with E-state index >= 15 is 0 Å². The van der Waals surface area contributed by atoms with Crippen molar-refractivity contribution in [3.8, 4) is 0 Å². The van der Waals surface area contributed by atoms with E-state index in [4.69, 9.17) is 0 Å². The molecule has 0 unspecified atom stereocenters. The standard InChI is InChI=1S/C22H17BrN2O4/c1-13-4-2-5-14(10-13)20(26)24-17-7-3-6-15(11-17)21(27)25-19-9-8-16(23)12-18(19)22(28)29/h2-12H,1H3,(H,24,26)(H,25,27)(H,28,29). The number of amides is 2. The lowest BCUT2D eigenvalue weighted by atomic mass is 10.1. The summed E-state index contributed by atoms with van der Waals surface area (Å²) in [4.78, 5) is 36.4.